The molecule has 138 valence electrons. The minimum atomic E-state index is -3.03. The number of nitrogens with one attached hydrogen (secondary N) is 1. The molecule has 1 atom stereocenters. The molecule has 0 heterocycles. The third kappa shape index (κ3) is 4.78. The fourth-order valence-electron chi connectivity index (χ4n) is 2.94. The molecule has 0 amide bonds. The maximum absolute atomic E-state index is 14.3. The summed E-state index contributed by atoms with van der Waals surface area (Å²) in [6.45, 7) is 2.09. The van der Waals surface area contributed by atoms with E-state index in [9.17, 15) is 4.57 Å². The normalized spacial score (nSPS) is 13.0. The zero-order valence-corrected chi connectivity index (χ0v) is 16.9. The highest BCUT2D eigenvalue weighted by Gasteiger charge is 2.29. The Bertz CT molecular complexity index is 880. The number of hydrogen-bond acceptors (Lipinski definition) is 1. The Morgan fingerprint density at radius 2 is 1.41 bits per heavy atom. The topological polar surface area (TPSA) is 29.1 Å². The van der Waals surface area contributed by atoms with E-state index in [4.69, 9.17) is 11.6 Å². The minimum absolute atomic E-state index is 0.187. The highest BCUT2D eigenvalue weighted by Crippen LogP contribution is 2.42. The summed E-state index contributed by atoms with van der Waals surface area (Å²) in [5, 5.41) is 5.73. The van der Waals surface area contributed by atoms with Crippen molar-refractivity contribution in [2.75, 3.05) is 0 Å². The summed E-state index contributed by atoms with van der Waals surface area (Å²) in [5.74, 6) is 0. The van der Waals surface area contributed by atoms with E-state index >= 15 is 0 Å². The van der Waals surface area contributed by atoms with E-state index in [0.29, 0.717) is 5.02 Å². The van der Waals surface area contributed by atoms with Gasteiger partial charge in [0.1, 0.15) is 0 Å². The molecule has 4 heteroatoms. The van der Waals surface area contributed by atoms with Crippen LogP contribution in [0.25, 0.3) is 0 Å². The molecule has 0 fully saturated rings. The van der Waals surface area contributed by atoms with Crippen LogP contribution in [0.1, 0.15) is 24.9 Å². The minimum Gasteiger partial charge on any atom is -0.296 e. The van der Waals surface area contributed by atoms with Crippen LogP contribution in [0.2, 0.25) is 5.02 Å². The van der Waals surface area contributed by atoms with Crippen molar-refractivity contribution in [1.29, 1.82) is 0 Å². The molecule has 0 aromatic heterocycles. The molecule has 2 nitrogen and oxygen atoms in total. The lowest BCUT2D eigenvalue weighted by atomic mass is 10.1. The smallest absolute Gasteiger partial charge is 0.205 e. The lowest BCUT2D eigenvalue weighted by molar-refractivity contribution is 0.573. The van der Waals surface area contributed by atoms with Gasteiger partial charge in [-0.05, 0) is 48.4 Å². The first-order valence-corrected chi connectivity index (χ1v) is 11.1. The molecular weight excluding hydrogens is 373 g/mol. The summed E-state index contributed by atoms with van der Waals surface area (Å²) in [4.78, 5) is 0. The standard InChI is InChI=1S/C23H23ClNOP/c1-2-3-14-23(19-15-17-20(24)18-16-19)25-27(26,21-10-6-4-7-11-21)22-12-8-5-9-13-22/h3-18,23H,2H2,1H3,(H,25,26)/b14-3+. The molecule has 0 radical (unpaired) electrons. The van der Waals surface area contributed by atoms with Crippen LogP contribution in [0.15, 0.2) is 97.1 Å². The third-order valence-electron chi connectivity index (χ3n) is 4.35. The maximum Gasteiger partial charge on any atom is 0.205 e. The number of benzene rings is 3. The molecule has 0 saturated carbocycles. The average molecular weight is 396 g/mol. The SMILES string of the molecule is CC/C=C/C(NP(=O)(c1ccccc1)c1ccccc1)c1ccc(Cl)cc1. The zero-order valence-electron chi connectivity index (χ0n) is 15.3. The molecule has 1 unspecified atom stereocenters. The molecule has 1 N–H and O–H groups in total. The molecule has 3 rings (SSSR count). The quantitative estimate of drug-likeness (QED) is 0.400. The van der Waals surface area contributed by atoms with Gasteiger partial charge in [-0.3, -0.25) is 4.57 Å². The summed E-state index contributed by atoms with van der Waals surface area (Å²) in [7, 11) is -3.03. The molecule has 3 aromatic rings. The molecule has 3 aromatic carbocycles. The van der Waals surface area contributed by atoms with Gasteiger partial charge >= 0.3 is 0 Å². The van der Waals surface area contributed by atoms with Gasteiger partial charge < -0.3 is 0 Å². The van der Waals surface area contributed by atoms with E-state index in [1.165, 1.54) is 0 Å². The highest BCUT2D eigenvalue weighted by atomic mass is 35.5. The maximum atomic E-state index is 14.3. The van der Waals surface area contributed by atoms with E-state index in [-0.39, 0.29) is 6.04 Å². The van der Waals surface area contributed by atoms with Crippen molar-refractivity contribution in [1.82, 2.24) is 5.09 Å². The van der Waals surface area contributed by atoms with Crippen LogP contribution in [-0.4, -0.2) is 0 Å². The summed E-state index contributed by atoms with van der Waals surface area (Å²) in [6, 6.07) is 26.7. The predicted octanol–water partition coefficient (Wildman–Crippen LogP) is 5.87. The van der Waals surface area contributed by atoms with Crippen molar-refractivity contribution < 1.29 is 4.57 Å². The van der Waals surface area contributed by atoms with Gasteiger partial charge in [-0.15, -0.1) is 0 Å². The summed E-state index contributed by atoms with van der Waals surface area (Å²) >= 11 is 6.05. The van der Waals surface area contributed by atoms with Crippen LogP contribution in [0.4, 0.5) is 0 Å². The number of halogens is 1. The van der Waals surface area contributed by atoms with Gasteiger partial charge in [-0.1, -0.05) is 79.2 Å². The van der Waals surface area contributed by atoms with E-state index in [1.54, 1.807) is 0 Å². The highest BCUT2D eigenvalue weighted by molar-refractivity contribution is 7.76. The average Bonchev–Trinajstić information content (AvgIpc) is 2.73. The summed E-state index contributed by atoms with van der Waals surface area (Å²) < 4.78 is 14.3. The zero-order chi connectivity index (χ0) is 19.1. The van der Waals surface area contributed by atoms with Gasteiger partial charge in [-0.2, -0.15) is 0 Å². The molecular formula is C23H23ClNOP. The van der Waals surface area contributed by atoms with Crippen LogP contribution in [-0.2, 0) is 4.57 Å². The van der Waals surface area contributed by atoms with Gasteiger partial charge in [0, 0.05) is 15.6 Å². The fraction of sp³-hybridized carbons (Fsp3) is 0.130. The first kappa shape index (κ1) is 19.6. The van der Waals surface area contributed by atoms with Crippen molar-refractivity contribution >= 4 is 29.5 Å². The number of allylic oxidation sites excluding steroid dienone is 1. The van der Waals surface area contributed by atoms with E-state index in [0.717, 1.165) is 22.6 Å². The number of rotatable bonds is 7. The predicted molar refractivity (Wildman–Crippen MR) is 117 cm³/mol. The molecule has 0 saturated heterocycles. The summed E-state index contributed by atoms with van der Waals surface area (Å²) in [6.07, 6.45) is 5.07. The summed E-state index contributed by atoms with van der Waals surface area (Å²) in [5.41, 5.74) is 1.02. The van der Waals surface area contributed by atoms with E-state index in [2.05, 4.69) is 24.2 Å². The fourth-order valence-corrected chi connectivity index (χ4v) is 5.47. The van der Waals surface area contributed by atoms with Crippen molar-refractivity contribution in [3.05, 3.63) is 108 Å². The largest absolute Gasteiger partial charge is 0.296 e. The monoisotopic (exact) mass is 395 g/mol. The Morgan fingerprint density at radius 1 is 0.889 bits per heavy atom. The third-order valence-corrected chi connectivity index (χ3v) is 7.30. The van der Waals surface area contributed by atoms with Crippen molar-refractivity contribution in [3.8, 4) is 0 Å². The van der Waals surface area contributed by atoms with Crippen LogP contribution in [0, 0.1) is 0 Å². The van der Waals surface area contributed by atoms with Gasteiger partial charge in [0.05, 0.1) is 6.04 Å². The second kappa shape index (κ2) is 9.19. The first-order valence-electron chi connectivity index (χ1n) is 9.04. The van der Waals surface area contributed by atoms with Gasteiger partial charge in [0.2, 0.25) is 7.29 Å². The Balaban J connectivity index is 2.07. The molecule has 0 spiro atoms. The van der Waals surface area contributed by atoms with Crippen molar-refractivity contribution in [2.24, 2.45) is 0 Å². The van der Waals surface area contributed by atoms with Crippen LogP contribution in [0.5, 0.6) is 0 Å². The van der Waals surface area contributed by atoms with Gasteiger partial charge in [0.25, 0.3) is 0 Å². The Morgan fingerprint density at radius 3 is 1.89 bits per heavy atom. The van der Waals surface area contributed by atoms with E-state index in [1.807, 2.05) is 84.9 Å². The molecule has 0 aliphatic heterocycles. The molecule has 0 aliphatic carbocycles. The second-order valence-electron chi connectivity index (χ2n) is 6.28. The van der Waals surface area contributed by atoms with Crippen LogP contribution in [0.3, 0.4) is 0 Å². The lowest BCUT2D eigenvalue weighted by Crippen LogP contribution is -2.30. The van der Waals surface area contributed by atoms with Crippen LogP contribution >= 0.6 is 18.9 Å². The molecule has 27 heavy (non-hydrogen) atoms. The lowest BCUT2D eigenvalue weighted by Gasteiger charge is -2.26. The number of hydrogen-bond donors (Lipinski definition) is 1. The van der Waals surface area contributed by atoms with Crippen molar-refractivity contribution in [3.63, 3.8) is 0 Å². The Labute approximate surface area is 166 Å². The van der Waals surface area contributed by atoms with E-state index < -0.39 is 7.29 Å². The van der Waals surface area contributed by atoms with Gasteiger partial charge in [-0.25, -0.2) is 5.09 Å². The Kier molecular flexibility index (Phi) is 6.68. The van der Waals surface area contributed by atoms with Gasteiger partial charge in [0.15, 0.2) is 0 Å². The second-order valence-corrected chi connectivity index (χ2v) is 9.22. The van der Waals surface area contributed by atoms with Crippen LogP contribution < -0.4 is 15.7 Å². The molecule has 0 bridgehead atoms. The van der Waals surface area contributed by atoms with Crippen molar-refractivity contribution in [2.45, 2.75) is 19.4 Å². The first-order chi connectivity index (χ1) is 13.1. The Hall–Kier alpha value is -2.12. The molecule has 0 aliphatic rings.